The van der Waals surface area contributed by atoms with Crippen molar-refractivity contribution in [1.29, 1.82) is 0 Å². The highest BCUT2D eigenvalue weighted by Gasteiger charge is 2.25. The van der Waals surface area contributed by atoms with E-state index in [1.807, 2.05) is 34.6 Å². The van der Waals surface area contributed by atoms with E-state index < -0.39 is 5.66 Å². The lowest BCUT2D eigenvalue weighted by Crippen LogP contribution is -2.55. The standard InChI is InChI=1S/C7H18N2O.2C6H16N2O/c1-2-7(8)9-5-3-4-6-10;1-4-6(7,8-9)5(2)3;1-2-6(7)8-4-3-5-9/h7,9-10H,2-6,8H2,1H3;5,8-9H,4,7H2,1-3H3;6,8-9H,2-5,7H2,1H3. The zero-order valence-corrected chi connectivity index (χ0v) is 18.9. The predicted molar refractivity (Wildman–Crippen MR) is 118 cm³/mol. The van der Waals surface area contributed by atoms with Gasteiger partial charge in [0, 0.05) is 13.2 Å². The summed E-state index contributed by atoms with van der Waals surface area (Å²) >= 11 is 0. The molecule has 0 aromatic carbocycles. The van der Waals surface area contributed by atoms with Crippen LogP contribution < -0.4 is 33.3 Å². The minimum absolute atomic E-state index is 0.0940. The zero-order chi connectivity index (χ0) is 22.4. The van der Waals surface area contributed by atoms with E-state index in [0.29, 0.717) is 0 Å². The zero-order valence-electron chi connectivity index (χ0n) is 18.9. The Morgan fingerprint density at radius 2 is 1.25 bits per heavy atom. The Balaban J connectivity index is -0.000000336. The third-order valence-electron chi connectivity index (χ3n) is 4.44. The molecule has 0 radical (unpaired) electrons. The van der Waals surface area contributed by atoms with E-state index in [9.17, 15) is 0 Å². The van der Waals surface area contributed by atoms with Crippen LogP contribution in [0.3, 0.4) is 0 Å². The molecule has 0 bridgehead atoms. The summed E-state index contributed by atoms with van der Waals surface area (Å²) in [7, 11) is 0. The van der Waals surface area contributed by atoms with Gasteiger partial charge in [-0.05, 0) is 57.5 Å². The van der Waals surface area contributed by atoms with E-state index in [0.717, 1.165) is 51.6 Å². The van der Waals surface area contributed by atoms with Crippen LogP contribution in [0.5, 0.6) is 0 Å². The van der Waals surface area contributed by atoms with Crippen LogP contribution in [0, 0.1) is 5.92 Å². The second-order valence-corrected chi connectivity index (χ2v) is 7.11. The maximum atomic E-state index is 8.58. The Labute approximate surface area is 172 Å². The quantitative estimate of drug-likeness (QED) is 0.111. The fourth-order valence-corrected chi connectivity index (χ4v) is 1.80. The number of hydrogen-bond donors (Lipinski definition) is 9. The Morgan fingerprint density at radius 1 is 0.821 bits per heavy atom. The molecule has 0 fully saturated rings. The first-order chi connectivity index (χ1) is 13.2. The van der Waals surface area contributed by atoms with Gasteiger partial charge < -0.3 is 43.3 Å². The molecule has 174 valence electrons. The second-order valence-electron chi connectivity index (χ2n) is 7.11. The van der Waals surface area contributed by atoms with Crippen molar-refractivity contribution in [3.05, 3.63) is 0 Å². The summed E-state index contributed by atoms with van der Waals surface area (Å²) in [5, 5.41) is 31.6. The van der Waals surface area contributed by atoms with Gasteiger partial charge in [0.1, 0.15) is 0 Å². The van der Waals surface area contributed by atoms with Crippen LogP contribution in [0.2, 0.25) is 0 Å². The number of hydroxylamine groups is 1. The van der Waals surface area contributed by atoms with Gasteiger partial charge in [0.2, 0.25) is 0 Å². The van der Waals surface area contributed by atoms with Gasteiger partial charge in [0.25, 0.3) is 0 Å². The number of nitrogens with one attached hydrogen (secondary N) is 3. The molecule has 0 amide bonds. The van der Waals surface area contributed by atoms with Crippen molar-refractivity contribution in [3.8, 4) is 0 Å². The maximum Gasteiger partial charge on any atom is 0.0915 e. The minimum atomic E-state index is -0.611. The molecule has 3 atom stereocenters. The number of nitrogens with two attached hydrogens (primary N) is 3. The van der Waals surface area contributed by atoms with Crippen LogP contribution in [0.1, 0.15) is 73.1 Å². The van der Waals surface area contributed by atoms with Gasteiger partial charge >= 0.3 is 0 Å². The molecular weight excluding hydrogens is 360 g/mol. The highest BCUT2D eigenvalue weighted by Crippen LogP contribution is 2.12. The average Bonchev–Trinajstić information content (AvgIpc) is 2.71. The third kappa shape index (κ3) is 21.9. The number of aliphatic hydroxyl groups is 2. The molecule has 0 saturated carbocycles. The van der Waals surface area contributed by atoms with Crippen molar-refractivity contribution in [1.82, 2.24) is 16.1 Å². The highest BCUT2D eigenvalue weighted by molar-refractivity contribution is 4.78. The third-order valence-corrected chi connectivity index (χ3v) is 4.44. The van der Waals surface area contributed by atoms with Crippen LogP contribution in [-0.2, 0) is 0 Å². The smallest absolute Gasteiger partial charge is 0.0915 e. The van der Waals surface area contributed by atoms with Gasteiger partial charge in [0.15, 0.2) is 0 Å². The van der Waals surface area contributed by atoms with Crippen molar-refractivity contribution in [2.75, 3.05) is 26.3 Å². The Bertz CT molecular complexity index is 295. The molecule has 28 heavy (non-hydrogen) atoms. The first-order valence-electron chi connectivity index (χ1n) is 10.6. The Hall–Kier alpha value is -0.360. The number of rotatable bonds is 14. The van der Waals surface area contributed by atoms with Gasteiger partial charge in [-0.1, -0.05) is 34.6 Å². The summed E-state index contributed by atoms with van der Waals surface area (Å²) in [6.45, 7) is 12.2. The van der Waals surface area contributed by atoms with Crippen molar-refractivity contribution in [2.24, 2.45) is 23.1 Å². The topological polar surface area (TPSA) is 175 Å². The number of hydrogen-bond acceptors (Lipinski definition) is 9. The molecular formula is C19H50N6O3. The van der Waals surface area contributed by atoms with E-state index in [4.69, 9.17) is 32.6 Å². The average molecular weight is 411 g/mol. The fourth-order valence-electron chi connectivity index (χ4n) is 1.80. The maximum absolute atomic E-state index is 8.58. The van der Waals surface area contributed by atoms with Gasteiger partial charge in [-0.25, -0.2) is 0 Å². The van der Waals surface area contributed by atoms with Crippen molar-refractivity contribution in [3.63, 3.8) is 0 Å². The van der Waals surface area contributed by atoms with E-state index in [2.05, 4.69) is 16.1 Å². The molecule has 0 aliphatic rings. The van der Waals surface area contributed by atoms with Gasteiger partial charge in [-0.2, -0.15) is 5.48 Å². The van der Waals surface area contributed by atoms with Crippen LogP contribution in [0.15, 0.2) is 0 Å². The van der Waals surface area contributed by atoms with E-state index in [1.165, 1.54) is 0 Å². The first kappa shape index (κ1) is 32.3. The van der Waals surface area contributed by atoms with Crippen molar-refractivity contribution in [2.45, 2.75) is 91.1 Å². The second kappa shape index (κ2) is 22.9. The summed E-state index contributed by atoms with van der Waals surface area (Å²) in [6.07, 6.45) is 5.49. The number of unbranched alkanes of at least 4 members (excludes halogenated alkanes) is 1. The first-order valence-corrected chi connectivity index (χ1v) is 10.6. The summed E-state index contributed by atoms with van der Waals surface area (Å²) in [5.74, 6) is 0.243. The molecule has 0 rings (SSSR count). The normalized spacial score (nSPS) is 15.0. The Morgan fingerprint density at radius 3 is 1.50 bits per heavy atom. The molecule has 0 saturated heterocycles. The van der Waals surface area contributed by atoms with Crippen molar-refractivity contribution >= 4 is 0 Å². The van der Waals surface area contributed by atoms with Gasteiger partial charge in [-0.15, -0.1) is 0 Å². The van der Waals surface area contributed by atoms with Crippen LogP contribution >= 0.6 is 0 Å². The van der Waals surface area contributed by atoms with Crippen LogP contribution in [0.25, 0.3) is 0 Å². The molecule has 0 heterocycles. The highest BCUT2D eigenvalue weighted by atomic mass is 16.5. The summed E-state index contributed by atoms with van der Waals surface area (Å²) in [5.41, 5.74) is 18.3. The molecule has 9 heteroatoms. The number of aliphatic hydroxyl groups excluding tert-OH is 2. The lowest BCUT2D eigenvalue weighted by molar-refractivity contribution is 0.0327. The molecule has 3 unspecified atom stereocenters. The molecule has 0 spiro atoms. The monoisotopic (exact) mass is 410 g/mol. The van der Waals surface area contributed by atoms with Crippen LogP contribution in [0.4, 0.5) is 0 Å². The fraction of sp³-hybridized carbons (Fsp3) is 1.00. The summed E-state index contributed by atoms with van der Waals surface area (Å²) in [4.78, 5) is 0. The largest absolute Gasteiger partial charge is 0.396 e. The predicted octanol–water partition coefficient (Wildman–Crippen LogP) is 0.383. The lowest BCUT2D eigenvalue weighted by Gasteiger charge is -2.30. The van der Waals surface area contributed by atoms with Gasteiger partial charge in [-0.3, -0.25) is 0 Å². The summed E-state index contributed by atoms with van der Waals surface area (Å²) < 4.78 is 0. The van der Waals surface area contributed by atoms with Crippen molar-refractivity contribution < 1.29 is 15.4 Å². The lowest BCUT2D eigenvalue weighted by atomic mass is 9.95. The van der Waals surface area contributed by atoms with Gasteiger partial charge in [0.05, 0.1) is 18.0 Å². The van der Waals surface area contributed by atoms with E-state index in [-0.39, 0.29) is 31.5 Å². The van der Waals surface area contributed by atoms with Crippen LogP contribution in [-0.4, -0.2) is 59.7 Å². The molecule has 0 aromatic heterocycles. The van der Waals surface area contributed by atoms with E-state index >= 15 is 0 Å². The Kier molecular flexibility index (Phi) is 26.5. The summed E-state index contributed by atoms with van der Waals surface area (Å²) in [6, 6.07) is 0. The molecule has 9 nitrogen and oxygen atoms in total. The van der Waals surface area contributed by atoms with E-state index in [1.54, 1.807) is 0 Å². The SMILES string of the molecule is CCC(N)(NO)C(C)C.CCC(N)NCCCCO.CCC(N)NCCCO. The molecule has 0 aliphatic carbocycles. The minimum Gasteiger partial charge on any atom is -0.396 e. The molecule has 0 aromatic rings. The molecule has 0 aliphatic heterocycles. The molecule has 12 N–H and O–H groups in total.